The summed E-state index contributed by atoms with van der Waals surface area (Å²) >= 11 is 0. The molecule has 0 amide bonds. The first-order valence-electron chi connectivity index (χ1n) is 5.30. The largest absolute Gasteiger partial charge is 0.388 e. The molecule has 0 fully saturated rings. The highest BCUT2D eigenvalue weighted by Gasteiger charge is 2.27. The third kappa shape index (κ3) is 1.53. The summed E-state index contributed by atoms with van der Waals surface area (Å²) in [7, 11) is -1.23. The molecule has 0 saturated carbocycles. The molecule has 0 saturated heterocycles. The molecule has 14 heavy (non-hydrogen) atoms. The Bertz CT molecular complexity index is 352. The van der Waals surface area contributed by atoms with Gasteiger partial charge in [-0.25, -0.2) is 0 Å². The van der Waals surface area contributed by atoms with Crippen LogP contribution in [-0.2, 0) is 6.42 Å². The molecule has 0 spiro atoms. The van der Waals surface area contributed by atoms with E-state index in [1.54, 1.807) is 0 Å². The molecule has 1 aliphatic carbocycles. The zero-order chi connectivity index (χ0) is 10.3. The van der Waals surface area contributed by atoms with Gasteiger partial charge >= 0.3 is 0 Å². The SMILES string of the molecule is C[Si](C)(C)c1cccc2c1CC[C@@H]2O. The lowest BCUT2D eigenvalue weighted by Gasteiger charge is -2.20. The standard InChI is InChI=1S/C12H18OSi/c1-14(2,3)12-6-4-5-9-10(12)7-8-11(9)13/h4-6,11,13H,7-8H2,1-3H3/t11-/m0/s1. The summed E-state index contributed by atoms with van der Waals surface area (Å²) in [5.41, 5.74) is 2.63. The summed E-state index contributed by atoms with van der Waals surface area (Å²) in [5.74, 6) is 0. The molecule has 0 radical (unpaired) electrons. The summed E-state index contributed by atoms with van der Waals surface area (Å²) in [6, 6.07) is 6.43. The van der Waals surface area contributed by atoms with Crippen LogP contribution in [0.2, 0.25) is 19.6 Å². The predicted octanol–water partition coefficient (Wildman–Crippen LogP) is 2.21. The van der Waals surface area contributed by atoms with Gasteiger partial charge in [0.1, 0.15) is 0 Å². The second-order valence-corrected chi connectivity index (χ2v) is 10.2. The lowest BCUT2D eigenvalue weighted by Crippen LogP contribution is -2.40. The van der Waals surface area contributed by atoms with Crippen molar-refractivity contribution in [2.24, 2.45) is 0 Å². The van der Waals surface area contributed by atoms with Gasteiger partial charge in [-0.2, -0.15) is 0 Å². The number of aliphatic hydroxyl groups is 1. The zero-order valence-electron chi connectivity index (χ0n) is 9.17. The normalized spacial score (nSPS) is 21.0. The molecule has 1 atom stereocenters. The van der Waals surface area contributed by atoms with Crippen LogP contribution >= 0.6 is 0 Å². The molecule has 76 valence electrons. The molecule has 0 heterocycles. The fourth-order valence-corrected chi connectivity index (χ4v) is 4.11. The van der Waals surface area contributed by atoms with Crippen molar-refractivity contribution in [2.75, 3.05) is 0 Å². The summed E-state index contributed by atoms with van der Waals surface area (Å²) in [4.78, 5) is 0. The molecule has 0 unspecified atom stereocenters. The second kappa shape index (κ2) is 3.21. The third-order valence-electron chi connectivity index (χ3n) is 3.05. The Balaban J connectivity index is 2.55. The van der Waals surface area contributed by atoms with E-state index < -0.39 is 8.07 Å². The van der Waals surface area contributed by atoms with E-state index in [1.807, 2.05) is 0 Å². The molecular weight excluding hydrogens is 188 g/mol. The van der Waals surface area contributed by atoms with Gasteiger partial charge in [-0.3, -0.25) is 0 Å². The van der Waals surface area contributed by atoms with Crippen molar-refractivity contribution in [1.29, 1.82) is 0 Å². The maximum atomic E-state index is 9.79. The maximum absolute atomic E-state index is 9.79. The molecule has 2 heteroatoms. The molecule has 0 aromatic heterocycles. The highest BCUT2D eigenvalue weighted by Crippen LogP contribution is 2.30. The van der Waals surface area contributed by atoms with E-state index in [9.17, 15) is 5.11 Å². The van der Waals surface area contributed by atoms with Crippen LogP contribution < -0.4 is 5.19 Å². The molecule has 1 nitrogen and oxygen atoms in total. The van der Waals surface area contributed by atoms with Crippen LogP contribution in [0, 0.1) is 0 Å². The number of aliphatic hydroxyl groups excluding tert-OH is 1. The van der Waals surface area contributed by atoms with Crippen LogP contribution in [-0.4, -0.2) is 13.2 Å². The topological polar surface area (TPSA) is 20.2 Å². The van der Waals surface area contributed by atoms with E-state index in [0.29, 0.717) is 0 Å². The fourth-order valence-electron chi connectivity index (χ4n) is 2.34. The lowest BCUT2D eigenvalue weighted by molar-refractivity contribution is 0.180. The van der Waals surface area contributed by atoms with Crippen molar-refractivity contribution in [3.05, 3.63) is 29.3 Å². The van der Waals surface area contributed by atoms with Crippen molar-refractivity contribution >= 4 is 13.3 Å². The first-order valence-corrected chi connectivity index (χ1v) is 8.80. The molecule has 1 aromatic carbocycles. The third-order valence-corrected chi connectivity index (χ3v) is 5.13. The average molecular weight is 206 g/mol. The van der Waals surface area contributed by atoms with Gasteiger partial charge in [-0.1, -0.05) is 43.0 Å². The van der Waals surface area contributed by atoms with Gasteiger partial charge in [-0.15, -0.1) is 0 Å². The molecule has 1 aromatic rings. The Kier molecular flexibility index (Phi) is 2.28. The van der Waals surface area contributed by atoms with Crippen molar-refractivity contribution in [3.8, 4) is 0 Å². The molecule has 1 aliphatic rings. The van der Waals surface area contributed by atoms with Crippen molar-refractivity contribution < 1.29 is 5.11 Å². The predicted molar refractivity (Wildman–Crippen MR) is 62.7 cm³/mol. The minimum absolute atomic E-state index is 0.207. The number of rotatable bonds is 1. The van der Waals surface area contributed by atoms with Crippen LogP contribution in [0.3, 0.4) is 0 Å². The summed E-state index contributed by atoms with van der Waals surface area (Å²) < 4.78 is 0. The number of hydrogen-bond acceptors (Lipinski definition) is 1. The number of hydrogen-bond donors (Lipinski definition) is 1. The van der Waals surface area contributed by atoms with E-state index in [0.717, 1.165) is 12.8 Å². The Hall–Kier alpha value is -0.603. The Morgan fingerprint density at radius 3 is 2.64 bits per heavy atom. The second-order valence-electron chi connectivity index (χ2n) is 5.18. The van der Waals surface area contributed by atoms with E-state index >= 15 is 0 Å². The summed E-state index contributed by atoms with van der Waals surface area (Å²) in [6.07, 6.45) is 1.77. The quantitative estimate of drug-likeness (QED) is 0.699. The number of benzene rings is 1. The summed E-state index contributed by atoms with van der Waals surface area (Å²) in [6.45, 7) is 7.11. The van der Waals surface area contributed by atoms with Gasteiger partial charge in [0.05, 0.1) is 14.2 Å². The Morgan fingerprint density at radius 1 is 1.29 bits per heavy atom. The van der Waals surface area contributed by atoms with Crippen molar-refractivity contribution in [2.45, 2.75) is 38.6 Å². The minimum atomic E-state index is -1.23. The monoisotopic (exact) mass is 206 g/mol. The first-order chi connectivity index (χ1) is 6.50. The minimum Gasteiger partial charge on any atom is -0.388 e. The van der Waals surface area contributed by atoms with Crippen molar-refractivity contribution in [1.82, 2.24) is 0 Å². The van der Waals surface area contributed by atoms with Gasteiger partial charge in [0, 0.05) is 0 Å². The van der Waals surface area contributed by atoms with Crippen LogP contribution in [0.15, 0.2) is 18.2 Å². The molecular formula is C12H18OSi. The van der Waals surface area contributed by atoms with Gasteiger partial charge in [0.2, 0.25) is 0 Å². The van der Waals surface area contributed by atoms with Gasteiger partial charge in [-0.05, 0) is 24.0 Å². The van der Waals surface area contributed by atoms with Gasteiger partial charge < -0.3 is 5.11 Å². The van der Waals surface area contributed by atoms with E-state index in [-0.39, 0.29) is 6.10 Å². The zero-order valence-corrected chi connectivity index (χ0v) is 10.2. The van der Waals surface area contributed by atoms with Gasteiger partial charge in [0.15, 0.2) is 0 Å². The molecule has 1 N–H and O–H groups in total. The highest BCUT2D eigenvalue weighted by molar-refractivity contribution is 6.89. The van der Waals surface area contributed by atoms with E-state index in [4.69, 9.17) is 0 Å². The smallest absolute Gasteiger partial charge is 0.0795 e. The number of fused-ring (bicyclic) bond motifs is 1. The molecule has 0 bridgehead atoms. The maximum Gasteiger partial charge on any atom is 0.0795 e. The molecule has 2 rings (SSSR count). The molecule has 0 aliphatic heterocycles. The van der Waals surface area contributed by atoms with Crippen LogP contribution in [0.1, 0.15) is 23.7 Å². The average Bonchev–Trinajstić information content (AvgIpc) is 2.46. The van der Waals surface area contributed by atoms with Crippen LogP contribution in [0.4, 0.5) is 0 Å². The Labute approximate surface area is 86.8 Å². The van der Waals surface area contributed by atoms with E-state index in [2.05, 4.69) is 37.8 Å². The fraction of sp³-hybridized carbons (Fsp3) is 0.500. The first kappa shape index (κ1) is 9.93. The Morgan fingerprint density at radius 2 is 2.00 bits per heavy atom. The van der Waals surface area contributed by atoms with Crippen molar-refractivity contribution in [3.63, 3.8) is 0 Å². The van der Waals surface area contributed by atoms with Crippen LogP contribution in [0.5, 0.6) is 0 Å². The lowest BCUT2D eigenvalue weighted by atomic mass is 10.1. The van der Waals surface area contributed by atoms with Crippen LogP contribution in [0.25, 0.3) is 0 Å². The highest BCUT2D eigenvalue weighted by atomic mass is 28.3. The van der Waals surface area contributed by atoms with E-state index in [1.165, 1.54) is 16.3 Å². The van der Waals surface area contributed by atoms with Gasteiger partial charge in [0.25, 0.3) is 0 Å². The summed E-state index contributed by atoms with van der Waals surface area (Å²) in [5, 5.41) is 11.3.